The maximum atomic E-state index is 10.7. The Balaban J connectivity index is 1.90. The number of nitrogens with one attached hydrogen (secondary N) is 1. The molecule has 0 aromatic heterocycles. The Morgan fingerprint density at radius 2 is 2.00 bits per heavy atom. The van der Waals surface area contributed by atoms with Crippen LogP contribution in [0.2, 0.25) is 0 Å². The highest BCUT2D eigenvalue weighted by atomic mass is 16.1. The van der Waals surface area contributed by atoms with Crippen LogP contribution >= 0.6 is 0 Å². The van der Waals surface area contributed by atoms with Crippen molar-refractivity contribution in [3.8, 4) is 0 Å². The molecule has 2 heteroatoms. The first-order chi connectivity index (χ1) is 7.90. The first-order valence-corrected chi connectivity index (χ1v) is 6.80. The van der Waals surface area contributed by atoms with Gasteiger partial charge >= 0.3 is 0 Å². The van der Waals surface area contributed by atoms with Gasteiger partial charge in [-0.2, -0.15) is 0 Å². The Kier molecular flexibility index (Phi) is 2.74. The fourth-order valence-corrected chi connectivity index (χ4v) is 4.23. The van der Waals surface area contributed by atoms with Crippen LogP contribution in [0.4, 0.5) is 0 Å². The molecular formula is C14H21NO. The van der Waals surface area contributed by atoms with Crippen molar-refractivity contribution >= 4 is 6.41 Å². The molecule has 1 fully saturated rings. The standard InChI is InChI=1S/C14H21NO/c16-9-15-14-11-5-3-7-13(14)12-6-2-1-4-10(12)8-11/h9,11,13-14H,1-8H2,(H,15,16)/t11-,13-,14+/m1/s1. The molecule has 0 aromatic rings. The van der Waals surface area contributed by atoms with Crippen LogP contribution in [-0.4, -0.2) is 12.5 Å². The number of fused-ring (bicyclic) bond motifs is 3. The van der Waals surface area contributed by atoms with Gasteiger partial charge in [0.15, 0.2) is 0 Å². The summed E-state index contributed by atoms with van der Waals surface area (Å²) in [5.41, 5.74) is 3.51. The van der Waals surface area contributed by atoms with Crippen LogP contribution in [0.3, 0.4) is 0 Å². The second kappa shape index (κ2) is 4.23. The summed E-state index contributed by atoms with van der Waals surface area (Å²) in [6.07, 6.45) is 11.6. The summed E-state index contributed by atoms with van der Waals surface area (Å²) < 4.78 is 0. The topological polar surface area (TPSA) is 29.1 Å². The lowest BCUT2D eigenvalue weighted by molar-refractivity contribution is -0.111. The SMILES string of the molecule is O=CN[C@H]1[C@@H]2CCC[C@@H]1C1=C(CCCC1)C2. The third-order valence-electron chi connectivity index (χ3n) is 4.88. The van der Waals surface area contributed by atoms with Gasteiger partial charge in [0.05, 0.1) is 0 Å². The second-order valence-electron chi connectivity index (χ2n) is 5.65. The Morgan fingerprint density at radius 3 is 2.88 bits per heavy atom. The molecule has 0 aromatic carbocycles. The first kappa shape index (κ1) is 10.4. The smallest absolute Gasteiger partial charge is 0.207 e. The Bertz CT molecular complexity index is 321. The molecule has 1 amide bonds. The van der Waals surface area contributed by atoms with Gasteiger partial charge in [-0.1, -0.05) is 17.6 Å². The van der Waals surface area contributed by atoms with Gasteiger partial charge in [0.25, 0.3) is 0 Å². The summed E-state index contributed by atoms with van der Waals surface area (Å²) in [6, 6.07) is 0.461. The van der Waals surface area contributed by atoms with Crippen LogP contribution in [0.25, 0.3) is 0 Å². The first-order valence-electron chi connectivity index (χ1n) is 6.80. The predicted octanol–water partition coefficient (Wildman–Crippen LogP) is 2.79. The average Bonchev–Trinajstić information content (AvgIpc) is 2.30. The molecule has 1 N–H and O–H groups in total. The third-order valence-corrected chi connectivity index (χ3v) is 4.88. The zero-order chi connectivity index (χ0) is 11.0. The van der Waals surface area contributed by atoms with Crippen LogP contribution in [0.1, 0.15) is 51.4 Å². The number of hydrogen-bond donors (Lipinski definition) is 1. The fourth-order valence-electron chi connectivity index (χ4n) is 4.23. The molecule has 2 nitrogen and oxygen atoms in total. The van der Waals surface area contributed by atoms with Gasteiger partial charge in [0.2, 0.25) is 6.41 Å². The van der Waals surface area contributed by atoms with Crippen molar-refractivity contribution in [2.75, 3.05) is 0 Å². The van der Waals surface area contributed by atoms with Gasteiger partial charge in [-0.25, -0.2) is 0 Å². The molecule has 3 atom stereocenters. The summed E-state index contributed by atoms with van der Waals surface area (Å²) in [6.45, 7) is 0. The van der Waals surface area contributed by atoms with E-state index in [9.17, 15) is 4.79 Å². The summed E-state index contributed by atoms with van der Waals surface area (Å²) in [7, 11) is 0. The van der Waals surface area contributed by atoms with E-state index in [2.05, 4.69) is 5.32 Å². The monoisotopic (exact) mass is 219 g/mol. The van der Waals surface area contributed by atoms with E-state index in [0.29, 0.717) is 12.0 Å². The van der Waals surface area contributed by atoms with E-state index in [0.717, 1.165) is 12.3 Å². The highest BCUT2D eigenvalue weighted by Crippen LogP contribution is 2.47. The zero-order valence-electron chi connectivity index (χ0n) is 9.87. The van der Waals surface area contributed by atoms with Crippen LogP contribution in [0.15, 0.2) is 11.1 Å². The molecule has 0 heterocycles. The maximum Gasteiger partial charge on any atom is 0.207 e. The van der Waals surface area contributed by atoms with Gasteiger partial charge in [0.1, 0.15) is 0 Å². The Hall–Kier alpha value is -0.790. The fraction of sp³-hybridized carbons (Fsp3) is 0.786. The predicted molar refractivity (Wildman–Crippen MR) is 63.9 cm³/mol. The molecule has 3 aliphatic carbocycles. The van der Waals surface area contributed by atoms with Crippen molar-refractivity contribution in [2.45, 2.75) is 57.4 Å². The van der Waals surface area contributed by atoms with E-state index in [1.165, 1.54) is 51.4 Å². The number of carbonyl (C=O) groups excluding carboxylic acids is 1. The molecule has 88 valence electrons. The highest BCUT2D eigenvalue weighted by Gasteiger charge is 2.40. The van der Waals surface area contributed by atoms with Crippen molar-refractivity contribution in [3.05, 3.63) is 11.1 Å². The van der Waals surface area contributed by atoms with E-state index >= 15 is 0 Å². The van der Waals surface area contributed by atoms with E-state index in [1.54, 1.807) is 11.1 Å². The molecule has 1 saturated carbocycles. The van der Waals surface area contributed by atoms with E-state index in [4.69, 9.17) is 0 Å². The van der Waals surface area contributed by atoms with Gasteiger partial charge in [0, 0.05) is 12.0 Å². The van der Waals surface area contributed by atoms with Gasteiger partial charge in [-0.3, -0.25) is 4.79 Å². The highest BCUT2D eigenvalue weighted by molar-refractivity contribution is 5.48. The minimum absolute atomic E-state index is 0.461. The van der Waals surface area contributed by atoms with Gasteiger partial charge in [-0.05, 0) is 50.9 Å². The number of hydrogen-bond acceptors (Lipinski definition) is 1. The van der Waals surface area contributed by atoms with Crippen LogP contribution < -0.4 is 5.32 Å². The number of carbonyl (C=O) groups is 1. The molecule has 3 rings (SSSR count). The van der Waals surface area contributed by atoms with Crippen molar-refractivity contribution in [3.63, 3.8) is 0 Å². The normalized spacial score (nSPS) is 37.9. The summed E-state index contributed by atoms with van der Waals surface area (Å²) in [4.78, 5) is 10.7. The molecule has 0 unspecified atom stereocenters. The minimum atomic E-state index is 0.461. The number of amides is 1. The zero-order valence-corrected chi connectivity index (χ0v) is 9.87. The van der Waals surface area contributed by atoms with Crippen LogP contribution in [-0.2, 0) is 4.79 Å². The van der Waals surface area contributed by atoms with E-state index < -0.39 is 0 Å². The summed E-state index contributed by atoms with van der Waals surface area (Å²) >= 11 is 0. The molecule has 0 saturated heterocycles. The van der Waals surface area contributed by atoms with Crippen molar-refractivity contribution < 1.29 is 4.79 Å². The number of rotatable bonds is 2. The van der Waals surface area contributed by atoms with Crippen LogP contribution in [0, 0.1) is 11.8 Å². The van der Waals surface area contributed by atoms with E-state index in [-0.39, 0.29) is 0 Å². The van der Waals surface area contributed by atoms with Crippen molar-refractivity contribution in [1.29, 1.82) is 0 Å². The average molecular weight is 219 g/mol. The quantitative estimate of drug-likeness (QED) is 0.561. The van der Waals surface area contributed by atoms with Crippen molar-refractivity contribution in [2.24, 2.45) is 11.8 Å². The summed E-state index contributed by atoms with van der Waals surface area (Å²) in [5, 5.41) is 3.10. The molecule has 16 heavy (non-hydrogen) atoms. The number of allylic oxidation sites excluding steroid dienone is 1. The lowest BCUT2D eigenvalue weighted by Crippen LogP contribution is -2.48. The van der Waals surface area contributed by atoms with Gasteiger partial charge in [-0.15, -0.1) is 0 Å². The third kappa shape index (κ3) is 1.59. The Morgan fingerprint density at radius 1 is 1.12 bits per heavy atom. The molecule has 3 aliphatic rings. The minimum Gasteiger partial charge on any atom is -0.355 e. The van der Waals surface area contributed by atoms with Gasteiger partial charge < -0.3 is 5.32 Å². The molecular weight excluding hydrogens is 198 g/mol. The maximum absolute atomic E-state index is 10.7. The molecule has 2 bridgehead atoms. The second-order valence-corrected chi connectivity index (χ2v) is 5.65. The van der Waals surface area contributed by atoms with Crippen LogP contribution in [0.5, 0.6) is 0 Å². The molecule has 0 spiro atoms. The molecule has 0 aliphatic heterocycles. The largest absolute Gasteiger partial charge is 0.355 e. The van der Waals surface area contributed by atoms with E-state index in [1.807, 2.05) is 0 Å². The summed E-state index contributed by atoms with van der Waals surface area (Å²) in [5.74, 6) is 1.42. The lowest BCUT2D eigenvalue weighted by atomic mass is 9.63. The molecule has 0 radical (unpaired) electrons. The Labute approximate surface area is 97.5 Å². The lowest BCUT2D eigenvalue weighted by Gasteiger charge is -2.46. The van der Waals surface area contributed by atoms with Crippen molar-refractivity contribution in [1.82, 2.24) is 5.32 Å².